The van der Waals surface area contributed by atoms with Gasteiger partial charge in [-0.25, -0.2) is 4.98 Å². The van der Waals surface area contributed by atoms with Crippen LogP contribution in [0.2, 0.25) is 0 Å². The third kappa shape index (κ3) is 4.10. The fourth-order valence-electron chi connectivity index (χ4n) is 1.62. The van der Waals surface area contributed by atoms with Gasteiger partial charge in [0.15, 0.2) is 0 Å². The molecule has 0 saturated heterocycles. The van der Waals surface area contributed by atoms with Gasteiger partial charge in [0.25, 0.3) is 0 Å². The molecule has 2 aromatic rings. The largest absolute Gasteiger partial charge is 0.325 e. The molecule has 0 saturated carbocycles. The lowest BCUT2D eigenvalue weighted by Gasteiger charge is -2.11. The van der Waals surface area contributed by atoms with Gasteiger partial charge in [-0.15, -0.1) is 0 Å². The summed E-state index contributed by atoms with van der Waals surface area (Å²) in [5.41, 5.74) is 1.96. The standard InChI is InChI=1S/C15H16N2OS/c1-11-6-5-7-13(10-11)17-15(18)12(2)19-14-8-3-4-9-16-14/h3-10,12H,1-2H3,(H,17,18)/t12-/m1/s1. The summed E-state index contributed by atoms with van der Waals surface area (Å²) >= 11 is 1.45. The Morgan fingerprint density at radius 1 is 1.26 bits per heavy atom. The Morgan fingerprint density at radius 3 is 2.79 bits per heavy atom. The molecule has 98 valence electrons. The minimum absolute atomic E-state index is 0.0127. The Bertz CT molecular complexity index is 557. The van der Waals surface area contributed by atoms with E-state index in [4.69, 9.17) is 0 Å². The molecule has 0 radical (unpaired) electrons. The summed E-state index contributed by atoms with van der Waals surface area (Å²) in [4.78, 5) is 16.3. The molecule has 0 aliphatic heterocycles. The van der Waals surface area contributed by atoms with Gasteiger partial charge in [0, 0.05) is 11.9 Å². The maximum Gasteiger partial charge on any atom is 0.237 e. The minimum Gasteiger partial charge on any atom is -0.325 e. The maximum atomic E-state index is 12.1. The highest BCUT2D eigenvalue weighted by Gasteiger charge is 2.14. The van der Waals surface area contributed by atoms with Crippen molar-refractivity contribution in [1.82, 2.24) is 4.98 Å². The predicted octanol–water partition coefficient (Wildman–Crippen LogP) is 3.51. The zero-order valence-electron chi connectivity index (χ0n) is 11.0. The Hall–Kier alpha value is -1.81. The number of hydrogen-bond acceptors (Lipinski definition) is 3. The van der Waals surface area contributed by atoms with E-state index in [2.05, 4.69) is 10.3 Å². The zero-order valence-corrected chi connectivity index (χ0v) is 11.8. The third-order valence-electron chi connectivity index (χ3n) is 2.59. The van der Waals surface area contributed by atoms with Crippen LogP contribution in [-0.4, -0.2) is 16.1 Å². The average molecular weight is 272 g/mol. The molecule has 0 aliphatic carbocycles. The van der Waals surface area contributed by atoms with Gasteiger partial charge in [0.05, 0.1) is 10.3 Å². The molecule has 4 heteroatoms. The summed E-state index contributed by atoms with van der Waals surface area (Å²) in [6.45, 7) is 3.88. The molecular weight excluding hydrogens is 256 g/mol. The zero-order chi connectivity index (χ0) is 13.7. The van der Waals surface area contributed by atoms with E-state index < -0.39 is 0 Å². The van der Waals surface area contributed by atoms with Gasteiger partial charge in [-0.05, 0) is 43.7 Å². The fraction of sp³-hybridized carbons (Fsp3) is 0.200. The van der Waals surface area contributed by atoms with Crippen molar-refractivity contribution >= 4 is 23.4 Å². The second-order valence-corrected chi connectivity index (χ2v) is 5.65. The first-order valence-electron chi connectivity index (χ1n) is 6.10. The third-order valence-corrected chi connectivity index (χ3v) is 3.64. The van der Waals surface area contributed by atoms with E-state index in [0.29, 0.717) is 0 Å². The molecule has 0 aliphatic rings. The Morgan fingerprint density at radius 2 is 2.11 bits per heavy atom. The molecule has 1 aromatic heterocycles. The van der Waals surface area contributed by atoms with Crippen LogP contribution >= 0.6 is 11.8 Å². The first-order chi connectivity index (χ1) is 9.15. The highest BCUT2D eigenvalue weighted by molar-refractivity contribution is 8.00. The molecule has 19 heavy (non-hydrogen) atoms. The highest BCUT2D eigenvalue weighted by atomic mass is 32.2. The van der Waals surface area contributed by atoms with Crippen molar-refractivity contribution in [1.29, 1.82) is 0 Å². The SMILES string of the molecule is Cc1cccc(NC(=O)[C@@H](C)Sc2ccccn2)c1. The van der Waals surface area contributed by atoms with Crippen molar-refractivity contribution in [3.63, 3.8) is 0 Å². The molecular formula is C15H16N2OS. The lowest BCUT2D eigenvalue weighted by atomic mass is 10.2. The van der Waals surface area contributed by atoms with E-state index in [1.165, 1.54) is 11.8 Å². The Balaban J connectivity index is 1.96. The van der Waals surface area contributed by atoms with Gasteiger partial charge in [-0.1, -0.05) is 30.0 Å². The Labute approximate surface area is 117 Å². The second kappa shape index (κ2) is 6.38. The number of thioether (sulfide) groups is 1. The van der Waals surface area contributed by atoms with Crippen molar-refractivity contribution in [3.8, 4) is 0 Å². The molecule has 1 N–H and O–H groups in total. The lowest BCUT2D eigenvalue weighted by Crippen LogP contribution is -2.22. The van der Waals surface area contributed by atoms with Gasteiger partial charge in [0.1, 0.15) is 0 Å². The molecule has 0 fully saturated rings. The van der Waals surface area contributed by atoms with Crippen LogP contribution in [0.5, 0.6) is 0 Å². The molecule has 1 aromatic carbocycles. The number of nitrogens with zero attached hydrogens (tertiary/aromatic N) is 1. The van der Waals surface area contributed by atoms with E-state index in [0.717, 1.165) is 16.3 Å². The number of carbonyl (C=O) groups is 1. The number of amides is 1. The van der Waals surface area contributed by atoms with E-state index in [1.807, 2.05) is 56.3 Å². The molecule has 0 bridgehead atoms. The van der Waals surface area contributed by atoms with Gasteiger partial charge in [0.2, 0.25) is 5.91 Å². The number of hydrogen-bond donors (Lipinski definition) is 1. The van der Waals surface area contributed by atoms with E-state index in [9.17, 15) is 4.79 Å². The van der Waals surface area contributed by atoms with Crippen molar-refractivity contribution in [2.75, 3.05) is 5.32 Å². The van der Waals surface area contributed by atoms with Crippen LogP contribution in [-0.2, 0) is 4.79 Å². The van der Waals surface area contributed by atoms with E-state index >= 15 is 0 Å². The summed E-state index contributed by atoms with van der Waals surface area (Å²) in [5.74, 6) is -0.0127. The minimum atomic E-state index is -0.185. The van der Waals surface area contributed by atoms with Crippen LogP contribution in [0.4, 0.5) is 5.69 Å². The fourth-order valence-corrected chi connectivity index (χ4v) is 2.43. The summed E-state index contributed by atoms with van der Waals surface area (Å²) < 4.78 is 0. The van der Waals surface area contributed by atoms with Gasteiger partial charge in [-0.2, -0.15) is 0 Å². The van der Waals surface area contributed by atoms with Crippen LogP contribution in [0.3, 0.4) is 0 Å². The molecule has 2 rings (SSSR count). The van der Waals surface area contributed by atoms with Gasteiger partial charge < -0.3 is 5.32 Å². The number of rotatable bonds is 4. The number of nitrogens with one attached hydrogen (secondary N) is 1. The van der Waals surface area contributed by atoms with Gasteiger partial charge >= 0.3 is 0 Å². The first kappa shape index (κ1) is 13.6. The van der Waals surface area contributed by atoms with Crippen LogP contribution in [0, 0.1) is 6.92 Å². The number of benzene rings is 1. The van der Waals surface area contributed by atoms with Crippen LogP contribution in [0.1, 0.15) is 12.5 Å². The maximum absolute atomic E-state index is 12.1. The lowest BCUT2D eigenvalue weighted by molar-refractivity contribution is -0.115. The number of aromatic nitrogens is 1. The van der Waals surface area contributed by atoms with Crippen molar-refractivity contribution in [3.05, 3.63) is 54.2 Å². The predicted molar refractivity (Wildman–Crippen MR) is 79.4 cm³/mol. The average Bonchev–Trinajstić information content (AvgIpc) is 2.40. The van der Waals surface area contributed by atoms with Crippen molar-refractivity contribution < 1.29 is 4.79 Å². The van der Waals surface area contributed by atoms with E-state index in [1.54, 1.807) is 6.20 Å². The molecule has 3 nitrogen and oxygen atoms in total. The molecule has 0 unspecified atom stereocenters. The summed E-state index contributed by atoms with van der Waals surface area (Å²) in [5, 5.41) is 3.59. The molecule has 1 atom stereocenters. The second-order valence-electron chi connectivity index (χ2n) is 4.29. The normalized spacial score (nSPS) is 11.9. The molecule has 1 heterocycles. The van der Waals surface area contributed by atoms with Crippen LogP contribution < -0.4 is 5.32 Å². The summed E-state index contributed by atoms with van der Waals surface area (Å²) in [6.07, 6.45) is 1.73. The van der Waals surface area contributed by atoms with Crippen molar-refractivity contribution in [2.45, 2.75) is 24.1 Å². The number of anilines is 1. The van der Waals surface area contributed by atoms with Crippen LogP contribution in [0.25, 0.3) is 0 Å². The Kier molecular flexibility index (Phi) is 4.58. The van der Waals surface area contributed by atoms with E-state index in [-0.39, 0.29) is 11.2 Å². The topological polar surface area (TPSA) is 42.0 Å². The van der Waals surface area contributed by atoms with Gasteiger partial charge in [-0.3, -0.25) is 4.79 Å². The number of carbonyl (C=O) groups excluding carboxylic acids is 1. The first-order valence-corrected chi connectivity index (χ1v) is 6.98. The molecule has 0 spiro atoms. The number of pyridine rings is 1. The number of aryl methyl sites for hydroxylation is 1. The quantitative estimate of drug-likeness (QED) is 0.866. The van der Waals surface area contributed by atoms with Crippen LogP contribution in [0.15, 0.2) is 53.7 Å². The summed E-state index contributed by atoms with van der Waals surface area (Å²) in [6, 6.07) is 13.5. The smallest absolute Gasteiger partial charge is 0.237 e. The summed E-state index contributed by atoms with van der Waals surface area (Å²) in [7, 11) is 0. The molecule has 1 amide bonds. The monoisotopic (exact) mass is 272 g/mol. The van der Waals surface area contributed by atoms with Crippen molar-refractivity contribution in [2.24, 2.45) is 0 Å². The highest BCUT2D eigenvalue weighted by Crippen LogP contribution is 2.21.